The fourth-order valence-corrected chi connectivity index (χ4v) is 3.17. The van der Waals surface area contributed by atoms with Crippen LogP contribution < -0.4 is 5.32 Å². The van der Waals surface area contributed by atoms with Gasteiger partial charge in [-0.15, -0.1) is 11.3 Å². The van der Waals surface area contributed by atoms with Gasteiger partial charge in [0.05, 0.1) is 22.5 Å². The van der Waals surface area contributed by atoms with Crippen molar-refractivity contribution in [2.24, 2.45) is 0 Å². The number of nitrogens with one attached hydrogen (secondary N) is 2. The van der Waals surface area contributed by atoms with Crippen LogP contribution in [-0.4, -0.2) is 36.7 Å². The molecular weight excluding hydrogens is 282 g/mol. The molecule has 2 N–H and O–H groups in total. The smallest absolute Gasteiger partial charge is 0.151 e. The number of rotatable bonds is 7. The molecule has 0 aliphatic heterocycles. The summed E-state index contributed by atoms with van der Waals surface area (Å²) in [5, 5.41) is 12.2. The summed E-state index contributed by atoms with van der Waals surface area (Å²) in [5.74, 6) is 0.372. The molecule has 0 fully saturated rings. The zero-order valence-electron chi connectivity index (χ0n) is 10.7. The lowest BCUT2D eigenvalue weighted by molar-refractivity contribution is 0.592. The lowest BCUT2D eigenvalue weighted by atomic mass is 10.2. The summed E-state index contributed by atoms with van der Waals surface area (Å²) in [4.78, 5) is 1.13. The minimum Gasteiger partial charge on any atom is -0.312 e. The lowest BCUT2D eigenvalue weighted by Gasteiger charge is -2.05. The predicted octanol–water partition coefficient (Wildman–Crippen LogP) is 1.66. The Bertz CT molecular complexity index is 603. The first-order valence-corrected chi connectivity index (χ1v) is 8.80. The average Bonchev–Trinajstić information content (AvgIpc) is 3.05. The van der Waals surface area contributed by atoms with E-state index in [2.05, 4.69) is 15.5 Å². The van der Waals surface area contributed by atoms with Gasteiger partial charge in [0.2, 0.25) is 0 Å². The third kappa shape index (κ3) is 3.89. The number of aromatic nitrogens is 2. The normalized spacial score (nSPS) is 11.8. The van der Waals surface area contributed by atoms with Crippen LogP contribution in [0.25, 0.3) is 10.6 Å². The molecule has 0 unspecified atom stereocenters. The third-order valence-corrected chi connectivity index (χ3v) is 5.42. The van der Waals surface area contributed by atoms with E-state index in [1.54, 1.807) is 24.5 Å². The maximum Gasteiger partial charge on any atom is 0.151 e. The number of thiophene rings is 1. The number of hydrogen-bond donors (Lipinski definition) is 2. The van der Waals surface area contributed by atoms with Gasteiger partial charge < -0.3 is 5.32 Å². The second-order valence-electron chi connectivity index (χ2n) is 4.16. The first kappa shape index (κ1) is 14.2. The molecule has 0 saturated carbocycles. The number of sulfone groups is 1. The molecule has 0 atom stereocenters. The first-order chi connectivity index (χ1) is 9.12. The largest absolute Gasteiger partial charge is 0.312 e. The van der Waals surface area contributed by atoms with Crippen LogP contribution in [-0.2, 0) is 16.4 Å². The third-order valence-electron chi connectivity index (χ3n) is 2.83. The van der Waals surface area contributed by atoms with E-state index in [1.165, 1.54) is 0 Å². The molecule has 5 nitrogen and oxygen atoms in total. The minimum absolute atomic E-state index is 0.176. The molecule has 2 heterocycles. The number of hydrogen-bond acceptors (Lipinski definition) is 5. The fourth-order valence-electron chi connectivity index (χ4n) is 1.67. The summed E-state index contributed by atoms with van der Waals surface area (Å²) >= 11 is 1.65. The monoisotopic (exact) mass is 299 g/mol. The number of nitrogens with zero attached hydrogens (tertiary/aromatic N) is 1. The average molecular weight is 299 g/mol. The Balaban J connectivity index is 1.89. The van der Waals surface area contributed by atoms with Crippen molar-refractivity contribution < 1.29 is 8.42 Å². The van der Waals surface area contributed by atoms with E-state index in [-0.39, 0.29) is 11.5 Å². The zero-order chi connectivity index (χ0) is 13.7. The molecule has 0 radical (unpaired) electrons. The van der Waals surface area contributed by atoms with E-state index in [4.69, 9.17) is 0 Å². The van der Waals surface area contributed by atoms with E-state index < -0.39 is 9.84 Å². The van der Waals surface area contributed by atoms with Crippen molar-refractivity contribution in [3.63, 3.8) is 0 Å². The number of aromatic amines is 1. The molecule has 0 aliphatic rings. The van der Waals surface area contributed by atoms with Gasteiger partial charge in [-0.1, -0.05) is 13.0 Å². The van der Waals surface area contributed by atoms with E-state index in [0.29, 0.717) is 13.1 Å². The summed E-state index contributed by atoms with van der Waals surface area (Å²) in [5.41, 5.74) is 2.05. The molecular formula is C12H17N3O2S2. The molecule has 0 aromatic carbocycles. The van der Waals surface area contributed by atoms with Gasteiger partial charge in [-0.25, -0.2) is 8.42 Å². The van der Waals surface area contributed by atoms with Crippen LogP contribution >= 0.6 is 11.3 Å². The van der Waals surface area contributed by atoms with Crippen LogP contribution in [0, 0.1) is 0 Å². The molecule has 104 valence electrons. The first-order valence-electron chi connectivity index (χ1n) is 6.09. The van der Waals surface area contributed by atoms with Gasteiger partial charge in [0.1, 0.15) is 0 Å². The van der Waals surface area contributed by atoms with E-state index in [9.17, 15) is 8.42 Å². The van der Waals surface area contributed by atoms with Crippen LogP contribution in [0.5, 0.6) is 0 Å². The molecule has 2 aromatic rings. The highest BCUT2D eigenvalue weighted by atomic mass is 32.2. The molecule has 0 saturated heterocycles. The van der Waals surface area contributed by atoms with E-state index in [0.717, 1.165) is 16.1 Å². The van der Waals surface area contributed by atoms with Crippen LogP contribution in [0.4, 0.5) is 0 Å². The van der Waals surface area contributed by atoms with Gasteiger partial charge >= 0.3 is 0 Å². The molecule has 0 aliphatic carbocycles. The summed E-state index contributed by atoms with van der Waals surface area (Å²) < 4.78 is 22.7. The molecule has 19 heavy (non-hydrogen) atoms. The van der Waals surface area contributed by atoms with Crippen LogP contribution in [0.15, 0.2) is 23.7 Å². The molecule has 7 heteroatoms. The Kier molecular flexibility index (Phi) is 4.73. The summed E-state index contributed by atoms with van der Waals surface area (Å²) in [6.45, 7) is 2.74. The summed E-state index contributed by atoms with van der Waals surface area (Å²) in [6.07, 6.45) is 1.77. The Morgan fingerprint density at radius 3 is 3.00 bits per heavy atom. The predicted molar refractivity (Wildman–Crippen MR) is 77.9 cm³/mol. The van der Waals surface area contributed by atoms with Gasteiger partial charge in [-0.05, 0) is 11.4 Å². The highest BCUT2D eigenvalue weighted by Gasteiger charge is 2.09. The SMILES string of the molecule is CCS(=O)(=O)CCNCc1cn[nH]c1-c1cccs1. The second-order valence-corrected chi connectivity index (χ2v) is 7.58. The van der Waals surface area contributed by atoms with Crippen LogP contribution in [0.3, 0.4) is 0 Å². The molecule has 2 aromatic heterocycles. The van der Waals surface area contributed by atoms with Gasteiger partial charge in [-0.2, -0.15) is 5.10 Å². The Morgan fingerprint density at radius 2 is 2.32 bits per heavy atom. The Labute approximate surface area is 117 Å². The van der Waals surface area contributed by atoms with Crippen molar-refractivity contribution in [2.45, 2.75) is 13.5 Å². The highest BCUT2D eigenvalue weighted by molar-refractivity contribution is 7.91. The molecule has 0 bridgehead atoms. The van der Waals surface area contributed by atoms with Crippen molar-refractivity contribution in [2.75, 3.05) is 18.1 Å². The van der Waals surface area contributed by atoms with E-state index in [1.807, 2.05) is 17.5 Å². The van der Waals surface area contributed by atoms with Crippen LogP contribution in [0.2, 0.25) is 0 Å². The van der Waals surface area contributed by atoms with Crippen molar-refractivity contribution in [1.29, 1.82) is 0 Å². The molecule has 0 amide bonds. The van der Waals surface area contributed by atoms with Gasteiger partial charge in [0, 0.05) is 24.4 Å². The topological polar surface area (TPSA) is 74.8 Å². The van der Waals surface area contributed by atoms with Crippen molar-refractivity contribution in [3.8, 4) is 10.6 Å². The maximum atomic E-state index is 11.4. The van der Waals surface area contributed by atoms with Crippen molar-refractivity contribution in [1.82, 2.24) is 15.5 Å². The van der Waals surface area contributed by atoms with E-state index >= 15 is 0 Å². The lowest BCUT2D eigenvalue weighted by Crippen LogP contribution is -2.23. The fraction of sp³-hybridized carbons (Fsp3) is 0.417. The maximum absolute atomic E-state index is 11.4. The summed E-state index contributed by atoms with van der Waals surface area (Å²) in [6, 6.07) is 4.02. The van der Waals surface area contributed by atoms with Crippen LogP contribution in [0.1, 0.15) is 12.5 Å². The summed E-state index contributed by atoms with van der Waals surface area (Å²) in [7, 11) is -2.90. The standard InChI is InChI=1S/C12H17N3O2S2/c1-2-19(16,17)7-5-13-8-10-9-14-15-12(10)11-4-3-6-18-11/h3-4,6,9,13H,2,5,7-8H2,1H3,(H,14,15). The molecule has 0 spiro atoms. The second kappa shape index (κ2) is 6.31. The van der Waals surface area contributed by atoms with Crippen molar-refractivity contribution in [3.05, 3.63) is 29.3 Å². The van der Waals surface area contributed by atoms with Gasteiger partial charge in [-0.3, -0.25) is 5.10 Å². The quantitative estimate of drug-likeness (QED) is 0.763. The van der Waals surface area contributed by atoms with Gasteiger partial charge in [0.25, 0.3) is 0 Å². The Morgan fingerprint density at radius 1 is 1.47 bits per heavy atom. The zero-order valence-corrected chi connectivity index (χ0v) is 12.4. The Hall–Kier alpha value is -1.18. The highest BCUT2D eigenvalue weighted by Crippen LogP contribution is 2.25. The van der Waals surface area contributed by atoms with Crippen molar-refractivity contribution >= 4 is 21.2 Å². The minimum atomic E-state index is -2.90. The van der Waals surface area contributed by atoms with Gasteiger partial charge in [0.15, 0.2) is 9.84 Å². The number of H-pyrrole nitrogens is 1. The molecule has 2 rings (SSSR count).